The van der Waals surface area contributed by atoms with Gasteiger partial charge in [0.2, 0.25) is 5.91 Å². The number of ether oxygens (including phenoxy) is 2. The van der Waals surface area contributed by atoms with E-state index < -0.39 is 5.82 Å². The number of aliphatic imine (C=N–C) groups is 1. The number of likely N-dealkylation sites (N-methyl/N-ethyl adjacent to an activating group) is 1. The zero-order valence-corrected chi connectivity index (χ0v) is 21.5. The zero-order chi connectivity index (χ0) is 22.8. The highest BCUT2D eigenvalue weighted by molar-refractivity contribution is 14.0. The number of halogens is 2. The van der Waals surface area contributed by atoms with E-state index in [2.05, 4.69) is 15.6 Å². The van der Waals surface area contributed by atoms with Crippen molar-refractivity contribution in [2.45, 2.75) is 19.4 Å². The minimum Gasteiger partial charge on any atom is -0.497 e. The van der Waals surface area contributed by atoms with E-state index in [1.54, 1.807) is 33.3 Å². The summed E-state index contributed by atoms with van der Waals surface area (Å²) in [6.07, 6.45) is 0.762. The highest BCUT2D eigenvalue weighted by atomic mass is 127. The number of carbonyl (C=O) groups excluding carboxylic acids is 1. The van der Waals surface area contributed by atoms with Gasteiger partial charge in [-0.1, -0.05) is 18.2 Å². The highest BCUT2D eigenvalue weighted by Gasteiger charge is 2.12. The molecule has 2 rings (SSSR count). The van der Waals surface area contributed by atoms with Crippen molar-refractivity contribution >= 4 is 35.8 Å². The van der Waals surface area contributed by atoms with Crippen LogP contribution in [-0.2, 0) is 11.2 Å². The molecule has 2 N–H and O–H groups in total. The summed E-state index contributed by atoms with van der Waals surface area (Å²) < 4.78 is 24.2. The molecule has 0 radical (unpaired) electrons. The summed E-state index contributed by atoms with van der Waals surface area (Å²) in [5, 5.41) is 6.48. The summed E-state index contributed by atoms with van der Waals surface area (Å²) in [6, 6.07) is 12.4. The Morgan fingerprint density at radius 3 is 2.38 bits per heavy atom. The fraction of sp³-hybridized carbons (Fsp3) is 0.391. The molecule has 0 saturated carbocycles. The van der Waals surface area contributed by atoms with Crippen LogP contribution in [0.4, 0.5) is 4.39 Å². The lowest BCUT2D eigenvalue weighted by molar-refractivity contribution is -0.127. The maximum atomic E-state index is 14.1. The van der Waals surface area contributed by atoms with Gasteiger partial charge < -0.3 is 25.0 Å². The standard InChI is InChI=1S/C23H31FN4O3.HI/c1-16(18-8-11-21(31-5)20(24)14-18)27-23(26-15-22(29)28(2)3)25-13-12-17-6-9-19(30-4)10-7-17;/h6-11,14,16H,12-13,15H2,1-5H3,(H2,25,26,27);1H. The van der Waals surface area contributed by atoms with Crippen molar-refractivity contribution in [2.75, 3.05) is 41.4 Å². The molecule has 0 aliphatic rings. The van der Waals surface area contributed by atoms with E-state index in [0.29, 0.717) is 12.5 Å². The summed E-state index contributed by atoms with van der Waals surface area (Å²) in [5.41, 5.74) is 1.88. The monoisotopic (exact) mass is 558 g/mol. The molecule has 0 aliphatic carbocycles. The van der Waals surface area contributed by atoms with Gasteiger partial charge in [0.1, 0.15) is 12.3 Å². The molecule has 0 saturated heterocycles. The number of hydrogen-bond donors (Lipinski definition) is 2. The van der Waals surface area contributed by atoms with Crippen LogP contribution in [0.25, 0.3) is 0 Å². The zero-order valence-electron chi connectivity index (χ0n) is 19.1. The van der Waals surface area contributed by atoms with E-state index in [1.807, 2.05) is 31.2 Å². The lowest BCUT2D eigenvalue weighted by atomic mass is 10.1. The third-order valence-electron chi connectivity index (χ3n) is 4.77. The Bertz CT molecular complexity index is 891. The second-order valence-electron chi connectivity index (χ2n) is 7.24. The van der Waals surface area contributed by atoms with Crippen molar-refractivity contribution in [3.05, 3.63) is 59.4 Å². The molecule has 0 aromatic heterocycles. The predicted octanol–water partition coefficient (Wildman–Crippen LogP) is 3.39. The van der Waals surface area contributed by atoms with Crippen molar-refractivity contribution in [2.24, 2.45) is 4.99 Å². The molecule has 2 aromatic rings. The molecular weight excluding hydrogens is 526 g/mol. The first-order chi connectivity index (χ1) is 14.8. The molecule has 0 spiro atoms. The lowest BCUT2D eigenvalue weighted by Gasteiger charge is -2.19. The van der Waals surface area contributed by atoms with Crippen LogP contribution in [0.1, 0.15) is 24.1 Å². The molecule has 0 bridgehead atoms. The topological polar surface area (TPSA) is 75.2 Å². The Hall–Kier alpha value is -2.56. The number of nitrogens with one attached hydrogen (secondary N) is 2. The Balaban J connectivity index is 0.00000512. The number of rotatable bonds is 9. The number of hydrogen-bond acceptors (Lipinski definition) is 4. The Labute approximate surface area is 206 Å². The SMILES string of the molecule is COc1ccc(CCNC(=NCC(=O)N(C)C)NC(C)c2ccc(OC)c(F)c2)cc1.I. The van der Waals surface area contributed by atoms with Crippen LogP contribution in [0.2, 0.25) is 0 Å². The first-order valence-electron chi connectivity index (χ1n) is 10.1. The number of nitrogens with zero attached hydrogens (tertiary/aromatic N) is 2. The normalized spacial score (nSPS) is 11.8. The van der Waals surface area contributed by atoms with Gasteiger partial charge in [-0.05, 0) is 48.7 Å². The summed E-state index contributed by atoms with van der Waals surface area (Å²) in [6.45, 7) is 2.52. The van der Waals surface area contributed by atoms with Crippen LogP contribution < -0.4 is 20.1 Å². The Kier molecular flexibility index (Phi) is 11.8. The van der Waals surface area contributed by atoms with E-state index >= 15 is 0 Å². The van der Waals surface area contributed by atoms with Crippen molar-refractivity contribution in [3.8, 4) is 11.5 Å². The van der Waals surface area contributed by atoms with E-state index in [4.69, 9.17) is 9.47 Å². The first-order valence-corrected chi connectivity index (χ1v) is 10.1. The molecule has 32 heavy (non-hydrogen) atoms. The fourth-order valence-electron chi connectivity index (χ4n) is 2.80. The molecule has 0 heterocycles. The van der Waals surface area contributed by atoms with Crippen molar-refractivity contribution in [1.82, 2.24) is 15.5 Å². The van der Waals surface area contributed by atoms with Gasteiger partial charge in [-0.3, -0.25) is 4.79 Å². The average Bonchev–Trinajstić information content (AvgIpc) is 2.77. The molecule has 0 aliphatic heterocycles. The van der Waals surface area contributed by atoms with E-state index in [-0.39, 0.29) is 48.2 Å². The van der Waals surface area contributed by atoms with E-state index in [1.165, 1.54) is 18.1 Å². The number of amides is 1. The van der Waals surface area contributed by atoms with Gasteiger partial charge in [-0.25, -0.2) is 9.38 Å². The van der Waals surface area contributed by atoms with Gasteiger partial charge in [0.25, 0.3) is 0 Å². The lowest BCUT2D eigenvalue weighted by Crippen LogP contribution is -2.40. The van der Waals surface area contributed by atoms with Crippen molar-refractivity contribution in [1.29, 1.82) is 0 Å². The van der Waals surface area contributed by atoms with E-state index in [0.717, 1.165) is 23.3 Å². The van der Waals surface area contributed by atoms with Gasteiger partial charge in [0, 0.05) is 20.6 Å². The maximum Gasteiger partial charge on any atom is 0.243 e. The number of methoxy groups -OCH3 is 2. The maximum absolute atomic E-state index is 14.1. The minimum atomic E-state index is -0.428. The number of carbonyl (C=O) groups is 1. The largest absolute Gasteiger partial charge is 0.497 e. The average molecular weight is 558 g/mol. The van der Waals surface area contributed by atoms with Crippen LogP contribution in [0.5, 0.6) is 11.5 Å². The minimum absolute atomic E-state index is 0. The van der Waals surface area contributed by atoms with Gasteiger partial charge in [-0.15, -0.1) is 24.0 Å². The van der Waals surface area contributed by atoms with Crippen LogP contribution in [0.15, 0.2) is 47.5 Å². The number of guanidine groups is 1. The van der Waals surface area contributed by atoms with Crippen LogP contribution >= 0.6 is 24.0 Å². The molecular formula is C23H32FIN4O3. The number of benzene rings is 2. The second kappa shape index (κ2) is 13.8. The molecule has 9 heteroatoms. The predicted molar refractivity (Wildman–Crippen MR) is 136 cm³/mol. The van der Waals surface area contributed by atoms with Crippen molar-refractivity contribution < 1.29 is 18.7 Å². The third-order valence-corrected chi connectivity index (χ3v) is 4.77. The van der Waals surface area contributed by atoms with Crippen LogP contribution in [-0.4, -0.2) is 58.2 Å². The van der Waals surface area contributed by atoms with Gasteiger partial charge in [0.15, 0.2) is 17.5 Å². The van der Waals surface area contributed by atoms with E-state index in [9.17, 15) is 9.18 Å². The second-order valence-corrected chi connectivity index (χ2v) is 7.24. The summed E-state index contributed by atoms with van der Waals surface area (Å²) in [5.74, 6) is 0.941. The van der Waals surface area contributed by atoms with Gasteiger partial charge >= 0.3 is 0 Å². The van der Waals surface area contributed by atoms with Crippen LogP contribution in [0, 0.1) is 5.82 Å². The highest BCUT2D eigenvalue weighted by Crippen LogP contribution is 2.21. The fourth-order valence-corrected chi connectivity index (χ4v) is 2.80. The smallest absolute Gasteiger partial charge is 0.243 e. The summed E-state index contributed by atoms with van der Waals surface area (Å²) >= 11 is 0. The Morgan fingerprint density at radius 2 is 1.81 bits per heavy atom. The van der Waals surface area contributed by atoms with Gasteiger partial charge in [-0.2, -0.15) is 0 Å². The third kappa shape index (κ3) is 8.52. The van der Waals surface area contributed by atoms with Crippen molar-refractivity contribution in [3.63, 3.8) is 0 Å². The molecule has 7 nitrogen and oxygen atoms in total. The Morgan fingerprint density at radius 1 is 1.12 bits per heavy atom. The first kappa shape index (κ1) is 27.5. The summed E-state index contributed by atoms with van der Waals surface area (Å²) in [4.78, 5) is 17.8. The molecule has 0 fully saturated rings. The molecule has 176 valence electrons. The quantitative estimate of drug-likeness (QED) is 0.281. The molecule has 1 unspecified atom stereocenters. The molecule has 1 atom stereocenters. The molecule has 1 amide bonds. The van der Waals surface area contributed by atoms with Gasteiger partial charge in [0.05, 0.1) is 20.3 Å². The summed E-state index contributed by atoms with van der Waals surface area (Å²) in [7, 11) is 6.44. The van der Waals surface area contributed by atoms with Crippen LogP contribution in [0.3, 0.4) is 0 Å². The molecule has 2 aromatic carbocycles.